The van der Waals surface area contributed by atoms with E-state index in [4.69, 9.17) is 9.47 Å². The summed E-state index contributed by atoms with van der Waals surface area (Å²) in [6.07, 6.45) is 0. The van der Waals surface area contributed by atoms with Gasteiger partial charge in [-0.3, -0.25) is 9.59 Å². The molecular weight excluding hydrogens is 394 g/mol. The minimum absolute atomic E-state index is 0.0812. The molecule has 0 aliphatic heterocycles. The number of anilines is 3. The molecule has 0 saturated heterocycles. The molecular formula is C24H25N3O4. The molecule has 0 heterocycles. The average Bonchev–Trinajstić information content (AvgIpc) is 2.80. The lowest BCUT2D eigenvalue weighted by Crippen LogP contribution is -2.22. The van der Waals surface area contributed by atoms with Gasteiger partial charge in [0.2, 0.25) is 5.91 Å². The molecule has 0 aromatic heterocycles. The number of para-hydroxylation sites is 2. The van der Waals surface area contributed by atoms with Crippen molar-refractivity contribution in [1.29, 1.82) is 0 Å². The van der Waals surface area contributed by atoms with E-state index in [0.29, 0.717) is 29.3 Å². The van der Waals surface area contributed by atoms with E-state index in [1.807, 2.05) is 25.1 Å². The molecule has 0 fully saturated rings. The van der Waals surface area contributed by atoms with Crippen LogP contribution < -0.4 is 25.4 Å². The Bertz CT molecular complexity index is 1020. The lowest BCUT2D eigenvalue weighted by atomic mass is 10.2. The van der Waals surface area contributed by atoms with E-state index >= 15 is 0 Å². The molecule has 0 radical (unpaired) electrons. The van der Waals surface area contributed by atoms with Gasteiger partial charge in [-0.25, -0.2) is 0 Å². The molecule has 3 N–H and O–H groups in total. The Morgan fingerprint density at radius 1 is 0.839 bits per heavy atom. The standard InChI is InChI=1S/C24H25N3O4/c1-3-31-22-7-5-4-6-21(22)27-23(28)16-25-18-10-8-17(9-11-18)24(29)26-19-12-14-20(30-2)15-13-19/h4-15,25H,3,16H2,1-2H3,(H,26,29)(H,27,28). The predicted molar refractivity (Wildman–Crippen MR) is 122 cm³/mol. The fourth-order valence-corrected chi connectivity index (χ4v) is 2.85. The van der Waals surface area contributed by atoms with Gasteiger partial charge in [0.05, 0.1) is 25.9 Å². The first-order valence-electron chi connectivity index (χ1n) is 9.90. The van der Waals surface area contributed by atoms with E-state index in [1.165, 1.54) is 0 Å². The van der Waals surface area contributed by atoms with Crippen LogP contribution in [0.5, 0.6) is 11.5 Å². The number of benzene rings is 3. The molecule has 0 spiro atoms. The molecule has 0 unspecified atom stereocenters. The molecule has 0 aliphatic rings. The monoisotopic (exact) mass is 419 g/mol. The summed E-state index contributed by atoms with van der Waals surface area (Å²) in [5.41, 5.74) is 2.55. The largest absolute Gasteiger partial charge is 0.497 e. The summed E-state index contributed by atoms with van der Waals surface area (Å²) >= 11 is 0. The maximum atomic E-state index is 12.4. The summed E-state index contributed by atoms with van der Waals surface area (Å²) < 4.78 is 10.6. The van der Waals surface area contributed by atoms with E-state index in [0.717, 1.165) is 11.4 Å². The van der Waals surface area contributed by atoms with Crippen LogP contribution in [0.4, 0.5) is 17.1 Å². The molecule has 3 aromatic rings. The number of rotatable bonds is 9. The van der Waals surface area contributed by atoms with Crippen molar-refractivity contribution in [3.05, 3.63) is 78.4 Å². The number of methoxy groups -OCH3 is 1. The van der Waals surface area contributed by atoms with Crippen molar-refractivity contribution in [3.63, 3.8) is 0 Å². The summed E-state index contributed by atoms with van der Waals surface area (Å²) in [7, 11) is 1.59. The molecule has 0 atom stereocenters. The minimum atomic E-state index is -0.220. The third-order valence-corrected chi connectivity index (χ3v) is 4.41. The molecule has 31 heavy (non-hydrogen) atoms. The quantitative estimate of drug-likeness (QED) is 0.479. The Morgan fingerprint density at radius 3 is 2.19 bits per heavy atom. The van der Waals surface area contributed by atoms with Crippen molar-refractivity contribution >= 4 is 28.9 Å². The number of amides is 2. The van der Waals surface area contributed by atoms with E-state index in [9.17, 15) is 9.59 Å². The lowest BCUT2D eigenvalue weighted by molar-refractivity contribution is -0.114. The van der Waals surface area contributed by atoms with Crippen LogP contribution in [0.3, 0.4) is 0 Å². The van der Waals surface area contributed by atoms with Crippen molar-refractivity contribution in [2.75, 3.05) is 36.2 Å². The van der Waals surface area contributed by atoms with Gasteiger partial charge in [0.25, 0.3) is 5.91 Å². The SMILES string of the molecule is CCOc1ccccc1NC(=O)CNc1ccc(C(=O)Nc2ccc(OC)cc2)cc1. The smallest absolute Gasteiger partial charge is 0.255 e. The summed E-state index contributed by atoms with van der Waals surface area (Å²) in [5, 5.41) is 8.71. The van der Waals surface area contributed by atoms with Gasteiger partial charge in [-0.2, -0.15) is 0 Å². The molecule has 160 valence electrons. The number of carbonyl (C=O) groups is 2. The van der Waals surface area contributed by atoms with Crippen molar-refractivity contribution in [2.24, 2.45) is 0 Å². The Labute approximate surface area is 181 Å². The van der Waals surface area contributed by atoms with Gasteiger partial charge in [0, 0.05) is 16.9 Å². The Hall–Kier alpha value is -4.00. The van der Waals surface area contributed by atoms with Gasteiger partial charge in [-0.15, -0.1) is 0 Å². The zero-order valence-electron chi connectivity index (χ0n) is 17.5. The molecule has 0 bridgehead atoms. The van der Waals surface area contributed by atoms with Crippen LogP contribution in [0.25, 0.3) is 0 Å². The molecule has 7 nitrogen and oxygen atoms in total. The maximum absolute atomic E-state index is 12.4. The molecule has 3 aromatic carbocycles. The zero-order valence-corrected chi connectivity index (χ0v) is 17.5. The first kappa shape index (κ1) is 21.7. The van der Waals surface area contributed by atoms with Crippen molar-refractivity contribution < 1.29 is 19.1 Å². The fraction of sp³-hybridized carbons (Fsp3) is 0.167. The topological polar surface area (TPSA) is 88.7 Å². The van der Waals surface area contributed by atoms with Crippen LogP contribution in [-0.2, 0) is 4.79 Å². The number of hydrogen-bond donors (Lipinski definition) is 3. The second kappa shape index (κ2) is 10.7. The van der Waals surface area contributed by atoms with Crippen molar-refractivity contribution in [3.8, 4) is 11.5 Å². The highest BCUT2D eigenvalue weighted by Gasteiger charge is 2.09. The van der Waals surface area contributed by atoms with Crippen LogP contribution in [0.2, 0.25) is 0 Å². The van der Waals surface area contributed by atoms with Gasteiger partial charge >= 0.3 is 0 Å². The zero-order chi connectivity index (χ0) is 22.1. The molecule has 2 amide bonds. The van der Waals surface area contributed by atoms with E-state index in [-0.39, 0.29) is 18.4 Å². The van der Waals surface area contributed by atoms with Crippen LogP contribution in [-0.4, -0.2) is 32.1 Å². The number of carbonyl (C=O) groups excluding carboxylic acids is 2. The third-order valence-electron chi connectivity index (χ3n) is 4.41. The number of hydrogen-bond acceptors (Lipinski definition) is 5. The molecule has 0 saturated carbocycles. The van der Waals surface area contributed by atoms with Gasteiger partial charge in [-0.1, -0.05) is 12.1 Å². The summed E-state index contributed by atoms with van der Waals surface area (Å²) in [4.78, 5) is 24.7. The number of nitrogens with one attached hydrogen (secondary N) is 3. The lowest BCUT2D eigenvalue weighted by Gasteiger charge is -2.12. The van der Waals surface area contributed by atoms with Gasteiger partial charge in [-0.05, 0) is 67.6 Å². The Kier molecular flexibility index (Phi) is 7.48. The van der Waals surface area contributed by atoms with Gasteiger partial charge < -0.3 is 25.4 Å². The van der Waals surface area contributed by atoms with Crippen molar-refractivity contribution in [1.82, 2.24) is 0 Å². The first-order chi connectivity index (χ1) is 15.1. The Balaban J connectivity index is 1.52. The minimum Gasteiger partial charge on any atom is -0.497 e. The van der Waals surface area contributed by atoms with Crippen molar-refractivity contribution in [2.45, 2.75) is 6.92 Å². The fourth-order valence-electron chi connectivity index (χ4n) is 2.85. The maximum Gasteiger partial charge on any atom is 0.255 e. The molecule has 3 rings (SSSR count). The van der Waals surface area contributed by atoms with E-state index < -0.39 is 0 Å². The first-order valence-corrected chi connectivity index (χ1v) is 9.90. The normalized spacial score (nSPS) is 10.1. The van der Waals surface area contributed by atoms with Gasteiger partial charge in [0.1, 0.15) is 11.5 Å². The summed E-state index contributed by atoms with van der Waals surface area (Å²) in [6.45, 7) is 2.49. The highest BCUT2D eigenvalue weighted by molar-refractivity contribution is 6.04. The second-order valence-electron chi connectivity index (χ2n) is 6.59. The second-order valence-corrected chi connectivity index (χ2v) is 6.59. The Morgan fingerprint density at radius 2 is 1.52 bits per heavy atom. The highest BCUT2D eigenvalue weighted by atomic mass is 16.5. The van der Waals surface area contributed by atoms with Gasteiger partial charge in [0.15, 0.2) is 0 Å². The van der Waals surface area contributed by atoms with Crippen LogP contribution in [0, 0.1) is 0 Å². The summed E-state index contributed by atoms with van der Waals surface area (Å²) in [6, 6.07) is 21.3. The highest BCUT2D eigenvalue weighted by Crippen LogP contribution is 2.23. The summed E-state index contributed by atoms with van der Waals surface area (Å²) in [5.74, 6) is 0.930. The molecule has 0 aliphatic carbocycles. The van der Waals surface area contributed by atoms with Crippen LogP contribution in [0.1, 0.15) is 17.3 Å². The van der Waals surface area contributed by atoms with Crippen LogP contribution >= 0.6 is 0 Å². The van der Waals surface area contributed by atoms with Crippen LogP contribution in [0.15, 0.2) is 72.8 Å². The molecule has 7 heteroatoms. The number of ether oxygens (including phenoxy) is 2. The average molecular weight is 419 g/mol. The third kappa shape index (κ3) is 6.24. The van der Waals surface area contributed by atoms with E-state index in [1.54, 1.807) is 61.7 Å². The van der Waals surface area contributed by atoms with E-state index in [2.05, 4.69) is 16.0 Å². The predicted octanol–water partition coefficient (Wildman–Crippen LogP) is 4.40.